The minimum Gasteiger partial charge on any atom is -0.363 e. The van der Waals surface area contributed by atoms with Gasteiger partial charge < -0.3 is 16.0 Å². The summed E-state index contributed by atoms with van der Waals surface area (Å²) in [5.74, 6) is 1.43. The van der Waals surface area contributed by atoms with Crippen LogP contribution >= 0.6 is 0 Å². The fourth-order valence-electron chi connectivity index (χ4n) is 3.58. The Morgan fingerprint density at radius 3 is 2.88 bits per heavy atom. The number of rotatable bonds is 5. The first-order valence-corrected chi connectivity index (χ1v) is 8.64. The van der Waals surface area contributed by atoms with Gasteiger partial charge in [0.05, 0.1) is 5.52 Å². The van der Waals surface area contributed by atoms with Crippen LogP contribution in [0.5, 0.6) is 0 Å². The number of nitrogens with zero attached hydrogens (tertiary/aromatic N) is 2. The number of carbonyl (C=O) groups is 1. The second-order valence-corrected chi connectivity index (χ2v) is 6.80. The van der Waals surface area contributed by atoms with Crippen molar-refractivity contribution in [1.29, 1.82) is 0 Å². The van der Waals surface area contributed by atoms with Gasteiger partial charge in [-0.1, -0.05) is 24.6 Å². The molecule has 1 heterocycles. The molecule has 1 saturated carbocycles. The number of nitrogens with one attached hydrogen (secondary N) is 1. The van der Waals surface area contributed by atoms with Gasteiger partial charge in [0, 0.05) is 31.9 Å². The zero-order valence-electron chi connectivity index (χ0n) is 14.5. The Morgan fingerprint density at radius 1 is 1.33 bits per heavy atom. The third kappa shape index (κ3) is 3.36. The van der Waals surface area contributed by atoms with Crippen molar-refractivity contribution in [1.82, 2.24) is 10.3 Å². The van der Waals surface area contributed by atoms with Crippen molar-refractivity contribution in [3.63, 3.8) is 0 Å². The summed E-state index contributed by atoms with van der Waals surface area (Å²) in [6.45, 7) is 1.12. The Balaban J connectivity index is 1.80. The monoisotopic (exact) mass is 326 g/mol. The van der Waals surface area contributed by atoms with Crippen molar-refractivity contribution in [2.75, 3.05) is 25.5 Å². The average Bonchev–Trinajstić information content (AvgIpc) is 3.07. The molecule has 0 bridgehead atoms. The van der Waals surface area contributed by atoms with Crippen LogP contribution in [0, 0.1) is 11.8 Å². The smallest absolute Gasteiger partial charge is 0.223 e. The van der Waals surface area contributed by atoms with Gasteiger partial charge >= 0.3 is 0 Å². The maximum Gasteiger partial charge on any atom is 0.223 e. The highest BCUT2D eigenvalue weighted by molar-refractivity contribution is 5.85. The Morgan fingerprint density at radius 2 is 2.12 bits per heavy atom. The lowest BCUT2D eigenvalue weighted by Crippen LogP contribution is -2.34. The van der Waals surface area contributed by atoms with Crippen molar-refractivity contribution in [3.05, 3.63) is 35.9 Å². The van der Waals surface area contributed by atoms with Crippen molar-refractivity contribution in [3.8, 4) is 0 Å². The summed E-state index contributed by atoms with van der Waals surface area (Å²) in [6, 6.07) is 10.1. The van der Waals surface area contributed by atoms with E-state index in [0.29, 0.717) is 19.0 Å². The molecule has 5 nitrogen and oxygen atoms in total. The Bertz CT molecular complexity index is 728. The molecule has 24 heavy (non-hydrogen) atoms. The number of para-hydroxylation sites is 1. The molecule has 5 heteroatoms. The second kappa shape index (κ2) is 7.18. The normalized spacial score (nSPS) is 20.3. The zero-order valence-corrected chi connectivity index (χ0v) is 14.5. The Hall–Kier alpha value is -2.14. The summed E-state index contributed by atoms with van der Waals surface area (Å²) < 4.78 is 0. The topological polar surface area (TPSA) is 71.2 Å². The summed E-state index contributed by atoms with van der Waals surface area (Å²) in [7, 11) is 3.95. The number of nitrogens with two attached hydrogens (primary N) is 1. The minimum absolute atomic E-state index is 0.0661. The molecular formula is C19H26N4O. The van der Waals surface area contributed by atoms with E-state index in [1.165, 1.54) is 0 Å². The molecule has 0 aliphatic heterocycles. The van der Waals surface area contributed by atoms with E-state index < -0.39 is 0 Å². The van der Waals surface area contributed by atoms with Gasteiger partial charge in [0.15, 0.2) is 0 Å². The fraction of sp³-hybridized carbons (Fsp3) is 0.474. The molecule has 2 aromatic rings. The van der Waals surface area contributed by atoms with Gasteiger partial charge in [0.25, 0.3) is 0 Å². The molecule has 128 valence electrons. The number of hydrogen-bond acceptors (Lipinski definition) is 4. The average molecular weight is 326 g/mol. The number of amides is 1. The van der Waals surface area contributed by atoms with Gasteiger partial charge in [-0.05, 0) is 43.0 Å². The van der Waals surface area contributed by atoms with E-state index in [1.807, 2.05) is 37.2 Å². The standard InChI is InChI=1S/C19H26N4O/c1-23(2)18-10-14(15-7-3-4-9-17(15)22-18)12-21-19(24)16-8-5-6-13(16)11-20/h3-4,7,9-10,13,16H,5-6,8,11-12,20H2,1-2H3,(H,21,24)/t13-,16-/m1/s1. The molecule has 2 atom stereocenters. The lowest BCUT2D eigenvalue weighted by Gasteiger charge is -2.19. The molecule has 1 aromatic carbocycles. The molecule has 3 rings (SSSR count). The van der Waals surface area contributed by atoms with E-state index in [9.17, 15) is 4.79 Å². The highest BCUT2D eigenvalue weighted by Gasteiger charge is 2.31. The first-order chi connectivity index (χ1) is 11.6. The summed E-state index contributed by atoms with van der Waals surface area (Å²) in [6.07, 6.45) is 3.12. The highest BCUT2D eigenvalue weighted by atomic mass is 16.1. The Labute approximate surface area is 143 Å². The van der Waals surface area contributed by atoms with Crippen LogP contribution in [-0.2, 0) is 11.3 Å². The van der Waals surface area contributed by atoms with Crippen LogP contribution in [-0.4, -0.2) is 31.5 Å². The molecule has 1 aliphatic carbocycles. The van der Waals surface area contributed by atoms with E-state index in [-0.39, 0.29) is 11.8 Å². The number of carbonyl (C=O) groups excluding carboxylic acids is 1. The van der Waals surface area contributed by atoms with E-state index in [0.717, 1.165) is 41.5 Å². The largest absolute Gasteiger partial charge is 0.363 e. The number of aromatic nitrogens is 1. The van der Waals surface area contributed by atoms with E-state index >= 15 is 0 Å². The number of hydrogen-bond donors (Lipinski definition) is 2. The van der Waals surface area contributed by atoms with Crippen LogP contribution in [0.25, 0.3) is 10.9 Å². The fourth-order valence-corrected chi connectivity index (χ4v) is 3.58. The zero-order chi connectivity index (χ0) is 17.1. The molecule has 1 aliphatic rings. The van der Waals surface area contributed by atoms with Crippen LogP contribution in [0.2, 0.25) is 0 Å². The van der Waals surface area contributed by atoms with Crippen molar-refractivity contribution in [2.45, 2.75) is 25.8 Å². The molecule has 1 aromatic heterocycles. The van der Waals surface area contributed by atoms with Crippen LogP contribution in [0.15, 0.2) is 30.3 Å². The van der Waals surface area contributed by atoms with Crippen LogP contribution in [0.3, 0.4) is 0 Å². The predicted octanol–water partition coefficient (Wildman–Crippen LogP) is 2.29. The van der Waals surface area contributed by atoms with Gasteiger partial charge in [-0.2, -0.15) is 0 Å². The molecule has 0 unspecified atom stereocenters. The van der Waals surface area contributed by atoms with Crippen molar-refractivity contribution >= 4 is 22.6 Å². The number of anilines is 1. The molecule has 0 radical (unpaired) electrons. The van der Waals surface area contributed by atoms with Crippen molar-refractivity contribution < 1.29 is 4.79 Å². The molecule has 0 spiro atoms. The third-order valence-corrected chi connectivity index (χ3v) is 5.00. The molecule has 1 amide bonds. The predicted molar refractivity (Wildman–Crippen MR) is 97.8 cm³/mol. The number of benzene rings is 1. The van der Waals surface area contributed by atoms with Gasteiger partial charge in [-0.15, -0.1) is 0 Å². The summed E-state index contributed by atoms with van der Waals surface area (Å²) in [4.78, 5) is 19.2. The van der Waals surface area contributed by atoms with Gasteiger partial charge in [-0.3, -0.25) is 4.79 Å². The van der Waals surface area contributed by atoms with Gasteiger partial charge in [0.2, 0.25) is 5.91 Å². The molecule has 0 saturated heterocycles. The third-order valence-electron chi connectivity index (χ3n) is 5.00. The van der Waals surface area contributed by atoms with Crippen LogP contribution in [0.4, 0.5) is 5.82 Å². The summed E-state index contributed by atoms with van der Waals surface area (Å²) >= 11 is 0. The maximum absolute atomic E-state index is 12.6. The van der Waals surface area contributed by atoms with Crippen molar-refractivity contribution in [2.24, 2.45) is 17.6 Å². The van der Waals surface area contributed by atoms with E-state index in [1.54, 1.807) is 0 Å². The van der Waals surface area contributed by atoms with E-state index in [4.69, 9.17) is 5.73 Å². The molecular weight excluding hydrogens is 300 g/mol. The van der Waals surface area contributed by atoms with Crippen LogP contribution in [0.1, 0.15) is 24.8 Å². The van der Waals surface area contributed by atoms with Gasteiger partial charge in [0.1, 0.15) is 5.82 Å². The lowest BCUT2D eigenvalue weighted by molar-refractivity contribution is -0.126. The quantitative estimate of drug-likeness (QED) is 0.884. The summed E-state index contributed by atoms with van der Waals surface area (Å²) in [5, 5.41) is 4.21. The number of fused-ring (bicyclic) bond motifs is 1. The van der Waals surface area contributed by atoms with Gasteiger partial charge in [-0.25, -0.2) is 4.98 Å². The molecule has 1 fully saturated rings. The SMILES string of the molecule is CN(C)c1cc(CNC(=O)[C@@H]2CCC[C@@H]2CN)c2ccccc2n1. The first kappa shape index (κ1) is 16.7. The highest BCUT2D eigenvalue weighted by Crippen LogP contribution is 2.31. The Kier molecular flexibility index (Phi) is 5.00. The first-order valence-electron chi connectivity index (χ1n) is 8.64. The van der Waals surface area contributed by atoms with E-state index in [2.05, 4.69) is 22.4 Å². The minimum atomic E-state index is 0.0661. The summed E-state index contributed by atoms with van der Waals surface area (Å²) in [5.41, 5.74) is 7.85. The molecule has 3 N–H and O–H groups in total. The number of pyridine rings is 1. The second-order valence-electron chi connectivity index (χ2n) is 6.80. The maximum atomic E-state index is 12.6. The lowest BCUT2D eigenvalue weighted by atomic mass is 9.95. The van der Waals surface area contributed by atoms with Crippen LogP contribution < -0.4 is 16.0 Å².